The van der Waals surface area contributed by atoms with Gasteiger partial charge in [-0.25, -0.2) is 4.98 Å². The van der Waals surface area contributed by atoms with Gasteiger partial charge >= 0.3 is 0 Å². The van der Waals surface area contributed by atoms with Crippen LogP contribution < -0.4 is 15.6 Å². The molecular formula is C26H31N5O4. The molecule has 3 aromatic heterocycles. The van der Waals surface area contributed by atoms with E-state index in [1.807, 2.05) is 20.0 Å². The summed E-state index contributed by atoms with van der Waals surface area (Å²) >= 11 is 0. The molecule has 2 saturated carbocycles. The van der Waals surface area contributed by atoms with Crippen LogP contribution in [0.4, 0.5) is 5.69 Å². The van der Waals surface area contributed by atoms with Gasteiger partial charge in [-0.2, -0.15) is 4.98 Å². The van der Waals surface area contributed by atoms with Gasteiger partial charge in [0.2, 0.25) is 11.7 Å². The lowest BCUT2D eigenvalue weighted by molar-refractivity contribution is -0.00627. The Hall–Kier alpha value is -3.20. The van der Waals surface area contributed by atoms with Crippen molar-refractivity contribution in [3.8, 4) is 5.88 Å². The lowest BCUT2D eigenvalue weighted by Crippen LogP contribution is -2.26. The van der Waals surface area contributed by atoms with E-state index < -0.39 is 5.91 Å². The van der Waals surface area contributed by atoms with Gasteiger partial charge in [-0.1, -0.05) is 6.92 Å². The lowest BCUT2D eigenvalue weighted by atomic mass is 9.84. The minimum Gasteiger partial charge on any atom is -0.474 e. The van der Waals surface area contributed by atoms with Crippen LogP contribution in [0.3, 0.4) is 0 Å². The molecule has 2 aliphatic carbocycles. The van der Waals surface area contributed by atoms with Crippen LogP contribution in [0.2, 0.25) is 0 Å². The maximum atomic E-state index is 13.4. The van der Waals surface area contributed by atoms with E-state index in [-0.39, 0.29) is 45.9 Å². The van der Waals surface area contributed by atoms with Crippen molar-refractivity contribution < 1.29 is 14.3 Å². The number of carbonyl (C=O) groups is 1. The summed E-state index contributed by atoms with van der Waals surface area (Å²) in [6.07, 6.45) is 9.17. The number of aromatic nitrogens is 4. The number of amides is 1. The number of pyridine rings is 1. The predicted octanol–water partition coefficient (Wildman–Crippen LogP) is 3.72. The van der Waals surface area contributed by atoms with Crippen LogP contribution >= 0.6 is 0 Å². The Labute approximate surface area is 203 Å². The molecule has 4 atom stereocenters. The maximum Gasteiger partial charge on any atom is 0.274 e. The van der Waals surface area contributed by atoms with Crippen molar-refractivity contribution in [3.05, 3.63) is 52.3 Å². The molecule has 3 fully saturated rings. The van der Waals surface area contributed by atoms with Crippen LogP contribution in [-0.2, 0) is 10.2 Å². The summed E-state index contributed by atoms with van der Waals surface area (Å²) in [6.45, 7) is 8.68. The second kappa shape index (κ2) is 7.65. The lowest BCUT2D eigenvalue weighted by Gasteiger charge is -2.24. The highest BCUT2D eigenvalue weighted by Crippen LogP contribution is 2.53. The maximum absolute atomic E-state index is 13.4. The number of ether oxygens (including phenoxy) is 2. The summed E-state index contributed by atoms with van der Waals surface area (Å²) in [5.74, 6) is 0.700. The molecule has 1 N–H and O–H groups in total. The third kappa shape index (κ3) is 3.73. The van der Waals surface area contributed by atoms with Gasteiger partial charge in [-0.3, -0.25) is 14.0 Å². The predicted molar refractivity (Wildman–Crippen MR) is 130 cm³/mol. The summed E-state index contributed by atoms with van der Waals surface area (Å²) in [6, 6.07) is 3.61. The number of anilines is 1. The Balaban J connectivity index is 1.35. The molecule has 184 valence electrons. The first kappa shape index (κ1) is 22.3. The fourth-order valence-corrected chi connectivity index (χ4v) is 5.62. The summed E-state index contributed by atoms with van der Waals surface area (Å²) in [7, 11) is 0. The molecule has 4 heterocycles. The number of imidazole rings is 1. The first-order valence-corrected chi connectivity index (χ1v) is 12.4. The molecule has 35 heavy (non-hydrogen) atoms. The molecule has 6 rings (SSSR count). The standard InChI is InChI=1S/C26H31N5O4/c1-15(2)35-22-17(21(32)27-18-6-5-9-31(23(18)33)19-10-16(19)3)11-30-12-20(28-24(30)29-22)26-8-7-25(4,13-26)34-14-26/h5-6,9,11-12,15-16,19H,7-8,10,13-14H2,1-4H3,(H,27,32)/t16-,19-,25-,26-/m1/s1. The molecule has 9 nitrogen and oxygen atoms in total. The number of hydrogen-bond acceptors (Lipinski definition) is 6. The summed E-state index contributed by atoms with van der Waals surface area (Å²) in [5, 5.41) is 2.79. The van der Waals surface area contributed by atoms with Crippen LogP contribution in [0.5, 0.6) is 5.88 Å². The van der Waals surface area contributed by atoms with E-state index in [9.17, 15) is 9.59 Å². The topological polar surface area (TPSA) is 99.8 Å². The fraction of sp³-hybridized carbons (Fsp3) is 0.538. The third-order valence-electron chi connectivity index (χ3n) is 7.74. The second-order valence-corrected chi connectivity index (χ2v) is 11.0. The van der Waals surface area contributed by atoms with Crippen molar-refractivity contribution >= 4 is 17.4 Å². The molecule has 3 aliphatic rings. The van der Waals surface area contributed by atoms with Crippen LogP contribution in [0, 0.1) is 5.92 Å². The zero-order valence-corrected chi connectivity index (χ0v) is 20.6. The molecule has 0 radical (unpaired) electrons. The van der Waals surface area contributed by atoms with E-state index in [0.717, 1.165) is 31.4 Å². The molecule has 0 unspecified atom stereocenters. The number of nitrogens with one attached hydrogen (secondary N) is 1. The molecular weight excluding hydrogens is 446 g/mol. The highest BCUT2D eigenvalue weighted by atomic mass is 16.5. The minimum atomic E-state index is -0.445. The Morgan fingerprint density at radius 3 is 2.71 bits per heavy atom. The molecule has 1 saturated heterocycles. The Morgan fingerprint density at radius 2 is 2.09 bits per heavy atom. The van der Waals surface area contributed by atoms with E-state index in [0.29, 0.717) is 18.3 Å². The Bertz CT molecular complexity index is 1380. The molecule has 9 heteroatoms. The quantitative estimate of drug-likeness (QED) is 0.581. The van der Waals surface area contributed by atoms with Gasteiger partial charge in [0.1, 0.15) is 11.3 Å². The van der Waals surface area contributed by atoms with Crippen LogP contribution in [0.25, 0.3) is 5.78 Å². The van der Waals surface area contributed by atoms with Crippen LogP contribution in [-0.4, -0.2) is 43.2 Å². The normalized spacial score (nSPS) is 29.2. The molecule has 1 aliphatic heterocycles. The Morgan fingerprint density at radius 1 is 1.29 bits per heavy atom. The van der Waals surface area contributed by atoms with Gasteiger partial charge in [0, 0.05) is 30.0 Å². The van der Waals surface area contributed by atoms with Crippen molar-refractivity contribution in [2.45, 2.75) is 76.5 Å². The molecule has 0 aromatic carbocycles. The van der Waals surface area contributed by atoms with E-state index in [1.165, 1.54) is 0 Å². The highest BCUT2D eigenvalue weighted by molar-refractivity contribution is 6.05. The minimum absolute atomic E-state index is 0.0823. The molecule has 2 bridgehead atoms. The number of fused-ring (bicyclic) bond motifs is 3. The third-order valence-corrected chi connectivity index (χ3v) is 7.74. The molecule has 0 spiro atoms. The first-order valence-electron chi connectivity index (χ1n) is 12.4. The van der Waals surface area contributed by atoms with Crippen LogP contribution in [0.1, 0.15) is 75.5 Å². The molecule has 3 aromatic rings. The summed E-state index contributed by atoms with van der Waals surface area (Å²) in [5.41, 5.74) is 1.03. The van der Waals surface area contributed by atoms with Gasteiger partial charge < -0.3 is 19.4 Å². The van der Waals surface area contributed by atoms with Crippen molar-refractivity contribution in [1.82, 2.24) is 18.9 Å². The highest BCUT2D eigenvalue weighted by Gasteiger charge is 2.55. The number of nitrogens with zero attached hydrogens (tertiary/aromatic N) is 4. The summed E-state index contributed by atoms with van der Waals surface area (Å²) in [4.78, 5) is 35.7. The fourth-order valence-electron chi connectivity index (χ4n) is 5.62. The van der Waals surface area contributed by atoms with E-state index in [2.05, 4.69) is 24.1 Å². The summed E-state index contributed by atoms with van der Waals surface area (Å²) < 4.78 is 15.4. The van der Waals surface area contributed by atoms with Crippen molar-refractivity contribution in [3.63, 3.8) is 0 Å². The van der Waals surface area contributed by atoms with Crippen molar-refractivity contribution in [2.24, 2.45) is 5.92 Å². The van der Waals surface area contributed by atoms with E-state index in [1.54, 1.807) is 33.5 Å². The monoisotopic (exact) mass is 477 g/mol. The van der Waals surface area contributed by atoms with Gasteiger partial charge in [0.15, 0.2) is 0 Å². The van der Waals surface area contributed by atoms with E-state index in [4.69, 9.17) is 14.5 Å². The van der Waals surface area contributed by atoms with Gasteiger partial charge in [-0.15, -0.1) is 0 Å². The zero-order chi connectivity index (χ0) is 24.5. The number of hydrogen-bond donors (Lipinski definition) is 1. The SMILES string of the molecule is CC(C)Oc1nc2nc([C@]34CC[C@](C)(C3)OC4)cn2cc1C(=O)Nc1cccn([C@@H]2C[C@H]2C)c1=O. The first-order chi connectivity index (χ1) is 16.7. The van der Waals surface area contributed by atoms with Crippen molar-refractivity contribution in [1.29, 1.82) is 0 Å². The Kier molecular flexibility index (Phi) is 4.87. The largest absolute Gasteiger partial charge is 0.474 e. The number of rotatable bonds is 6. The van der Waals surface area contributed by atoms with Gasteiger partial charge in [0.05, 0.1) is 24.0 Å². The van der Waals surface area contributed by atoms with Gasteiger partial charge in [-0.05, 0) is 64.5 Å². The van der Waals surface area contributed by atoms with Crippen LogP contribution in [0.15, 0.2) is 35.5 Å². The van der Waals surface area contributed by atoms with E-state index >= 15 is 0 Å². The van der Waals surface area contributed by atoms with Gasteiger partial charge in [0.25, 0.3) is 11.5 Å². The zero-order valence-electron chi connectivity index (χ0n) is 20.6. The average molecular weight is 478 g/mol. The second-order valence-electron chi connectivity index (χ2n) is 11.0. The molecule has 1 amide bonds. The smallest absolute Gasteiger partial charge is 0.274 e. The van der Waals surface area contributed by atoms with Crippen molar-refractivity contribution in [2.75, 3.05) is 11.9 Å². The number of carbonyl (C=O) groups excluding carboxylic acids is 1. The average Bonchev–Trinajstić information content (AvgIpc) is 3.12.